The van der Waals surface area contributed by atoms with Gasteiger partial charge in [-0.3, -0.25) is 9.59 Å². The lowest BCUT2D eigenvalue weighted by molar-refractivity contribution is -0.160. The number of furan rings is 1. The maximum Gasteiger partial charge on any atom is 0.311 e. The van der Waals surface area contributed by atoms with Crippen LogP contribution in [0.25, 0.3) is 11.0 Å². The van der Waals surface area contributed by atoms with Crippen molar-refractivity contribution < 1.29 is 18.7 Å². The molecule has 5 heteroatoms. The summed E-state index contributed by atoms with van der Waals surface area (Å²) < 4.78 is 11.3. The van der Waals surface area contributed by atoms with E-state index >= 15 is 0 Å². The molecular weight excluding hydrogens is 354 g/mol. The number of carbonyl (C=O) groups is 2. The van der Waals surface area contributed by atoms with Crippen molar-refractivity contribution >= 4 is 22.8 Å². The smallest absolute Gasteiger partial charge is 0.311 e. The van der Waals surface area contributed by atoms with Crippen LogP contribution in [-0.2, 0) is 20.7 Å². The summed E-state index contributed by atoms with van der Waals surface area (Å²) in [5.41, 5.74) is 3.30. The van der Waals surface area contributed by atoms with E-state index in [0.29, 0.717) is 18.7 Å². The summed E-state index contributed by atoms with van der Waals surface area (Å²) >= 11 is 0. The highest BCUT2D eigenvalue weighted by Gasteiger charge is 2.31. The predicted molar refractivity (Wildman–Crippen MR) is 106 cm³/mol. The molecule has 0 N–H and O–H groups in total. The van der Waals surface area contributed by atoms with E-state index in [1.165, 1.54) is 0 Å². The Balaban J connectivity index is 1.53. The first-order chi connectivity index (χ1) is 13.6. The van der Waals surface area contributed by atoms with Gasteiger partial charge in [-0.1, -0.05) is 42.5 Å². The molecule has 0 saturated carbocycles. The van der Waals surface area contributed by atoms with Crippen LogP contribution < -0.4 is 0 Å². The Morgan fingerprint density at radius 3 is 2.61 bits per heavy atom. The van der Waals surface area contributed by atoms with Crippen LogP contribution in [0.2, 0.25) is 0 Å². The molecule has 2 heterocycles. The highest BCUT2D eigenvalue weighted by molar-refractivity contribution is 5.88. The van der Waals surface area contributed by atoms with E-state index in [9.17, 15) is 9.59 Å². The lowest BCUT2D eigenvalue weighted by Crippen LogP contribution is -2.35. The van der Waals surface area contributed by atoms with Crippen LogP contribution in [-0.4, -0.2) is 29.9 Å². The zero-order chi connectivity index (χ0) is 19.5. The summed E-state index contributed by atoms with van der Waals surface area (Å²) in [5.74, 6) is -0.589. The first-order valence-electron chi connectivity index (χ1n) is 9.62. The highest BCUT2D eigenvalue weighted by atomic mass is 16.5. The maximum atomic E-state index is 13.0. The Hall–Kier alpha value is -3.08. The normalized spacial score (nSPS) is 15.0. The molecular formula is C23H23NO4. The predicted octanol–water partition coefficient (Wildman–Crippen LogP) is 4.19. The van der Waals surface area contributed by atoms with E-state index in [0.717, 1.165) is 34.9 Å². The summed E-state index contributed by atoms with van der Waals surface area (Å²) in [6.07, 6.45) is 2.72. The number of amides is 1. The molecule has 0 aliphatic carbocycles. The molecule has 0 spiro atoms. The quantitative estimate of drug-likeness (QED) is 0.626. The van der Waals surface area contributed by atoms with Gasteiger partial charge in [0.05, 0.1) is 12.7 Å². The Kier molecular flexibility index (Phi) is 5.15. The van der Waals surface area contributed by atoms with Gasteiger partial charge in [-0.25, -0.2) is 0 Å². The molecule has 1 amide bonds. The van der Waals surface area contributed by atoms with Crippen LogP contribution in [0.1, 0.15) is 35.6 Å². The standard InChI is InChI=1S/C23H23NO4/c1-16-9-10-19-18(15-27-20(19)13-16)14-21(25)28-22(17-7-3-2-4-8-17)23(26)24-11-5-6-12-24/h2-4,7-10,13,15,22H,5-6,11-12,14H2,1H3/t22-/m0/s1. The minimum atomic E-state index is -0.910. The zero-order valence-electron chi connectivity index (χ0n) is 15.9. The molecule has 0 unspecified atom stereocenters. The summed E-state index contributed by atoms with van der Waals surface area (Å²) in [4.78, 5) is 27.4. The van der Waals surface area contributed by atoms with Gasteiger partial charge < -0.3 is 14.1 Å². The number of hydrogen-bond donors (Lipinski definition) is 0. The molecule has 0 radical (unpaired) electrons. The van der Waals surface area contributed by atoms with Crippen LogP contribution >= 0.6 is 0 Å². The third-order valence-electron chi connectivity index (χ3n) is 5.14. The van der Waals surface area contributed by atoms with Gasteiger partial charge >= 0.3 is 5.97 Å². The van der Waals surface area contributed by atoms with Crippen molar-refractivity contribution in [3.63, 3.8) is 0 Å². The summed E-state index contributed by atoms with van der Waals surface area (Å²) in [7, 11) is 0. The van der Waals surface area contributed by atoms with E-state index in [2.05, 4.69) is 0 Å². The summed E-state index contributed by atoms with van der Waals surface area (Å²) in [6.45, 7) is 3.42. The lowest BCUT2D eigenvalue weighted by Gasteiger charge is -2.23. The van der Waals surface area contributed by atoms with Crippen molar-refractivity contribution in [2.24, 2.45) is 0 Å². The summed E-state index contributed by atoms with van der Waals surface area (Å²) in [5, 5.41) is 0.893. The second-order valence-electron chi connectivity index (χ2n) is 7.25. The molecule has 1 aromatic heterocycles. The van der Waals surface area contributed by atoms with Gasteiger partial charge in [0.1, 0.15) is 5.58 Å². The molecule has 1 aliphatic rings. The largest absolute Gasteiger partial charge is 0.464 e. The Morgan fingerprint density at radius 2 is 1.86 bits per heavy atom. The number of rotatable bonds is 5. The second-order valence-corrected chi connectivity index (χ2v) is 7.25. The lowest BCUT2D eigenvalue weighted by atomic mass is 10.1. The van der Waals surface area contributed by atoms with Crippen molar-refractivity contribution in [1.29, 1.82) is 0 Å². The van der Waals surface area contributed by atoms with Crippen molar-refractivity contribution in [3.8, 4) is 0 Å². The Bertz CT molecular complexity index is 986. The summed E-state index contributed by atoms with van der Waals surface area (Å²) in [6, 6.07) is 15.1. The van der Waals surface area contributed by atoms with Gasteiger partial charge in [0, 0.05) is 29.6 Å². The molecule has 1 aliphatic heterocycles. The van der Waals surface area contributed by atoms with Gasteiger partial charge in [-0.2, -0.15) is 0 Å². The molecule has 2 aromatic carbocycles. The number of aryl methyl sites for hydroxylation is 1. The van der Waals surface area contributed by atoms with Crippen LogP contribution in [0.15, 0.2) is 59.2 Å². The Labute approximate surface area is 163 Å². The zero-order valence-corrected chi connectivity index (χ0v) is 15.9. The number of carbonyl (C=O) groups excluding carboxylic acids is 2. The van der Waals surface area contributed by atoms with Crippen molar-refractivity contribution in [2.75, 3.05) is 13.1 Å². The maximum absolute atomic E-state index is 13.0. The highest BCUT2D eigenvalue weighted by Crippen LogP contribution is 2.26. The average Bonchev–Trinajstić information content (AvgIpc) is 3.37. The third kappa shape index (κ3) is 3.79. The van der Waals surface area contributed by atoms with Gasteiger partial charge in [0.15, 0.2) is 0 Å². The monoisotopic (exact) mass is 377 g/mol. The molecule has 28 heavy (non-hydrogen) atoms. The SMILES string of the molecule is Cc1ccc2c(CC(=O)O[C@H](C(=O)N3CCCC3)c3ccccc3)coc2c1. The van der Waals surface area contributed by atoms with Crippen LogP contribution in [0.5, 0.6) is 0 Å². The molecule has 1 atom stereocenters. The number of ether oxygens (including phenoxy) is 1. The number of esters is 1. The fourth-order valence-corrected chi connectivity index (χ4v) is 3.65. The first kappa shape index (κ1) is 18.3. The second kappa shape index (κ2) is 7.89. The van der Waals surface area contributed by atoms with Gasteiger partial charge in [0.2, 0.25) is 6.10 Å². The van der Waals surface area contributed by atoms with Crippen LogP contribution in [0, 0.1) is 6.92 Å². The van der Waals surface area contributed by atoms with Gasteiger partial charge in [0.25, 0.3) is 5.91 Å². The number of benzene rings is 2. The molecule has 3 aromatic rings. The van der Waals surface area contributed by atoms with Gasteiger partial charge in [-0.05, 0) is 31.4 Å². The number of hydrogen-bond acceptors (Lipinski definition) is 4. The van der Waals surface area contributed by atoms with E-state index in [1.807, 2.05) is 55.5 Å². The average molecular weight is 377 g/mol. The van der Waals surface area contributed by atoms with Crippen LogP contribution in [0.4, 0.5) is 0 Å². The third-order valence-corrected chi connectivity index (χ3v) is 5.14. The van der Waals surface area contributed by atoms with E-state index < -0.39 is 12.1 Å². The Morgan fingerprint density at radius 1 is 1.11 bits per heavy atom. The number of nitrogens with zero attached hydrogens (tertiary/aromatic N) is 1. The van der Waals surface area contributed by atoms with Crippen molar-refractivity contribution in [2.45, 2.75) is 32.3 Å². The molecule has 1 fully saturated rings. The molecule has 4 rings (SSSR count). The topological polar surface area (TPSA) is 59.8 Å². The van der Waals surface area contributed by atoms with Crippen molar-refractivity contribution in [3.05, 3.63) is 71.5 Å². The van der Waals surface area contributed by atoms with E-state index in [1.54, 1.807) is 11.2 Å². The van der Waals surface area contributed by atoms with E-state index in [-0.39, 0.29) is 12.3 Å². The number of likely N-dealkylation sites (tertiary alicyclic amines) is 1. The van der Waals surface area contributed by atoms with E-state index in [4.69, 9.17) is 9.15 Å². The molecule has 5 nitrogen and oxygen atoms in total. The molecule has 0 bridgehead atoms. The first-order valence-corrected chi connectivity index (χ1v) is 9.62. The van der Waals surface area contributed by atoms with Crippen LogP contribution in [0.3, 0.4) is 0 Å². The minimum Gasteiger partial charge on any atom is -0.464 e. The molecule has 1 saturated heterocycles. The fraction of sp³-hybridized carbons (Fsp3) is 0.304. The molecule has 144 valence electrons. The number of fused-ring (bicyclic) bond motifs is 1. The fourth-order valence-electron chi connectivity index (χ4n) is 3.65. The van der Waals surface area contributed by atoms with Crippen molar-refractivity contribution in [1.82, 2.24) is 4.90 Å². The minimum absolute atomic E-state index is 0.0622. The van der Waals surface area contributed by atoms with Gasteiger partial charge in [-0.15, -0.1) is 0 Å².